The fourth-order valence-corrected chi connectivity index (χ4v) is 2.38. The number of hydrogen-bond donors (Lipinski definition) is 1. The van der Waals surface area contributed by atoms with Crippen LogP contribution in [-0.2, 0) is 0 Å². The van der Waals surface area contributed by atoms with Gasteiger partial charge in [0.25, 0.3) is 0 Å². The molecule has 0 atom stereocenters. The van der Waals surface area contributed by atoms with Gasteiger partial charge in [0.05, 0.1) is 6.54 Å². The molecule has 3 aromatic rings. The Labute approximate surface area is 148 Å². The maximum absolute atomic E-state index is 5.75. The second-order valence-corrected chi connectivity index (χ2v) is 5.91. The number of nitrogens with one attached hydrogen (secondary N) is 1. The normalized spacial score (nSPS) is 10.5. The number of anilines is 1. The summed E-state index contributed by atoms with van der Waals surface area (Å²) in [5.41, 5.74) is 3.97. The SMILES string of the molecule is Cc1ccc(OCCNc2nc(-c3ccccn3)nc(C)c2C)cc1. The molecule has 0 amide bonds. The molecule has 5 heteroatoms. The molecule has 25 heavy (non-hydrogen) atoms. The number of rotatable bonds is 6. The first kappa shape index (κ1) is 16.9. The maximum Gasteiger partial charge on any atom is 0.180 e. The predicted molar refractivity (Wildman–Crippen MR) is 99.9 cm³/mol. The van der Waals surface area contributed by atoms with E-state index in [-0.39, 0.29) is 0 Å². The van der Waals surface area contributed by atoms with Crippen molar-refractivity contribution in [3.05, 3.63) is 65.5 Å². The quantitative estimate of drug-likeness (QED) is 0.692. The first-order valence-electron chi connectivity index (χ1n) is 8.33. The zero-order chi connectivity index (χ0) is 17.6. The summed E-state index contributed by atoms with van der Waals surface area (Å²) in [4.78, 5) is 13.5. The third-order valence-electron chi connectivity index (χ3n) is 3.97. The van der Waals surface area contributed by atoms with E-state index >= 15 is 0 Å². The first-order valence-corrected chi connectivity index (χ1v) is 8.33. The van der Waals surface area contributed by atoms with Gasteiger partial charge in [-0.15, -0.1) is 0 Å². The van der Waals surface area contributed by atoms with E-state index in [9.17, 15) is 0 Å². The lowest BCUT2D eigenvalue weighted by atomic mass is 10.2. The average Bonchev–Trinajstić information content (AvgIpc) is 2.64. The van der Waals surface area contributed by atoms with Crippen LogP contribution in [0.5, 0.6) is 5.75 Å². The molecule has 0 unspecified atom stereocenters. The Balaban J connectivity index is 1.65. The Hall–Kier alpha value is -2.95. The lowest BCUT2D eigenvalue weighted by molar-refractivity contribution is 0.332. The number of aromatic nitrogens is 3. The summed E-state index contributed by atoms with van der Waals surface area (Å²) in [5, 5.41) is 3.34. The van der Waals surface area contributed by atoms with Crippen LogP contribution in [0.2, 0.25) is 0 Å². The molecule has 0 spiro atoms. The van der Waals surface area contributed by atoms with Crippen molar-refractivity contribution in [3.8, 4) is 17.3 Å². The maximum atomic E-state index is 5.75. The second-order valence-electron chi connectivity index (χ2n) is 5.91. The molecular formula is C20H22N4O. The van der Waals surface area contributed by atoms with E-state index in [0.29, 0.717) is 19.0 Å². The molecule has 0 saturated heterocycles. The van der Waals surface area contributed by atoms with Crippen molar-refractivity contribution in [2.75, 3.05) is 18.5 Å². The van der Waals surface area contributed by atoms with E-state index in [1.54, 1.807) is 6.20 Å². The van der Waals surface area contributed by atoms with E-state index in [0.717, 1.165) is 28.5 Å². The zero-order valence-electron chi connectivity index (χ0n) is 14.8. The largest absolute Gasteiger partial charge is 0.492 e. The molecule has 2 heterocycles. The van der Waals surface area contributed by atoms with E-state index < -0.39 is 0 Å². The monoisotopic (exact) mass is 334 g/mol. The molecule has 0 aliphatic heterocycles. The predicted octanol–water partition coefficient (Wildman–Crippen LogP) is 3.95. The Morgan fingerprint density at radius 3 is 2.48 bits per heavy atom. The van der Waals surface area contributed by atoms with Crippen molar-refractivity contribution < 1.29 is 4.74 Å². The molecular weight excluding hydrogens is 312 g/mol. The molecule has 0 aliphatic rings. The molecule has 0 fully saturated rings. The average molecular weight is 334 g/mol. The van der Waals surface area contributed by atoms with Gasteiger partial charge in [-0.25, -0.2) is 9.97 Å². The minimum atomic E-state index is 0.560. The second kappa shape index (κ2) is 7.75. The van der Waals surface area contributed by atoms with Gasteiger partial charge >= 0.3 is 0 Å². The van der Waals surface area contributed by atoms with Gasteiger partial charge in [0, 0.05) is 17.5 Å². The van der Waals surface area contributed by atoms with E-state index in [1.165, 1.54) is 5.56 Å². The third-order valence-corrected chi connectivity index (χ3v) is 3.97. The molecule has 1 N–H and O–H groups in total. The number of nitrogens with zero attached hydrogens (tertiary/aromatic N) is 3. The molecule has 3 rings (SSSR count). The highest BCUT2D eigenvalue weighted by molar-refractivity contribution is 5.56. The Bertz CT molecular complexity index is 832. The number of hydrogen-bond acceptors (Lipinski definition) is 5. The van der Waals surface area contributed by atoms with Gasteiger partial charge in [-0.1, -0.05) is 23.8 Å². The number of ether oxygens (including phenoxy) is 1. The van der Waals surface area contributed by atoms with Gasteiger partial charge in [0.2, 0.25) is 0 Å². The highest BCUT2D eigenvalue weighted by Gasteiger charge is 2.10. The standard InChI is InChI=1S/C20H22N4O/c1-14-7-9-17(10-8-14)25-13-12-22-19-15(2)16(3)23-20(24-19)18-6-4-5-11-21-18/h4-11H,12-13H2,1-3H3,(H,22,23,24). The van der Waals surface area contributed by atoms with Crippen LogP contribution in [-0.4, -0.2) is 28.1 Å². The van der Waals surface area contributed by atoms with Gasteiger partial charge < -0.3 is 10.1 Å². The lowest BCUT2D eigenvalue weighted by Gasteiger charge is -2.13. The summed E-state index contributed by atoms with van der Waals surface area (Å²) in [5.74, 6) is 2.32. The summed E-state index contributed by atoms with van der Waals surface area (Å²) < 4.78 is 5.75. The smallest absolute Gasteiger partial charge is 0.180 e. The fraction of sp³-hybridized carbons (Fsp3) is 0.250. The molecule has 1 aromatic carbocycles. The summed E-state index contributed by atoms with van der Waals surface area (Å²) in [7, 11) is 0. The fourth-order valence-electron chi connectivity index (χ4n) is 2.38. The van der Waals surface area contributed by atoms with Crippen molar-refractivity contribution in [3.63, 3.8) is 0 Å². The van der Waals surface area contributed by atoms with Gasteiger partial charge in [0.15, 0.2) is 5.82 Å². The van der Waals surface area contributed by atoms with Crippen LogP contribution in [0.3, 0.4) is 0 Å². The van der Waals surface area contributed by atoms with Crippen LogP contribution < -0.4 is 10.1 Å². The highest BCUT2D eigenvalue weighted by Crippen LogP contribution is 2.20. The number of pyridine rings is 1. The number of aryl methyl sites for hydroxylation is 2. The van der Waals surface area contributed by atoms with Gasteiger partial charge in [0.1, 0.15) is 23.9 Å². The van der Waals surface area contributed by atoms with Crippen LogP contribution >= 0.6 is 0 Å². The van der Waals surface area contributed by atoms with E-state index in [2.05, 4.69) is 27.2 Å². The van der Waals surface area contributed by atoms with Crippen LogP contribution in [0.15, 0.2) is 48.7 Å². The highest BCUT2D eigenvalue weighted by atomic mass is 16.5. The van der Waals surface area contributed by atoms with E-state index in [4.69, 9.17) is 4.74 Å². The van der Waals surface area contributed by atoms with Gasteiger partial charge in [-0.2, -0.15) is 0 Å². The molecule has 0 saturated carbocycles. The topological polar surface area (TPSA) is 59.9 Å². The molecule has 0 aliphatic carbocycles. The van der Waals surface area contributed by atoms with Crippen LogP contribution in [0.4, 0.5) is 5.82 Å². The zero-order valence-corrected chi connectivity index (χ0v) is 14.8. The van der Waals surface area contributed by atoms with Crippen LogP contribution in [0, 0.1) is 20.8 Å². The summed E-state index contributed by atoms with van der Waals surface area (Å²) in [6.07, 6.45) is 1.75. The first-order chi connectivity index (χ1) is 12.1. The number of benzene rings is 1. The molecule has 0 bridgehead atoms. The summed E-state index contributed by atoms with van der Waals surface area (Å²) in [6, 6.07) is 13.8. The molecule has 5 nitrogen and oxygen atoms in total. The van der Waals surface area contributed by atoms with Crippen molar-refractivity contribution in [2.24, 2.45) is 0 Å². The van der Waals surface area contributed by atoms with Crippen molar-refractivity contribution in [2.45, 2.75) is 20.8 Å². The van der Waals surface area contributed by atoms with Crippen molar-refractivity contribution in [1.82, 2.24) is 15.0 Å². The van der Waals surface area contributed by atoms with Crippen molar-refractivity contribution in [1.29, 1.82) is 0 Å². The van der Waals surface area contributed by atoms with E-state index in [1.807, 2.05) is 56.3 Å². The molecule has 0 radical (unpaired) electrons. The van der Waals surface area contributed by atoms with Gasteiger partial charge in [-0.3, -0.25) is 4.98 Å². The Morgan fingerprint density at radius 2 is 1.76 bits per heavy atom. The summed E-state index contributed by atoms with van der Waals surface area (Å²) >= 11 is 0. The Kier molecular flexibility index (Phi) is 5.23. The van der Waals surface area contributed by atoms with Gasteiger partial charge in [-0.05, 0) is 45.0 Å². The molecule has 128 valence electrons. The lowest BCUT2D eigenvalue weighted by Crippen LogP contribution is -2.14. The summed E-state index contributed by atoms with van der Waals surface area (Å²) in [6.45, 7) is 7.28. The molecule has 2 aromatic heterocycles. The van der Waals surface area contributed by atoms with Crippen LogP contribution in [0.1, 0.15) is 16.8 Å². The third kappa shape index (κ3) is 4.32. The Morgan fingerprint density at radius 1 is 0.960 bits per heavy atom. The van der Waals surface area contributed by atoms with Crippen LogP contribution in [0.25, 0.3) is 11.5 Å². The minimum Gasteiger partial charge on any atom is -0.492 e. The van der Waals surface area contributed by atoms with Crippen molar-refractivity contribution >= 4 is 5.82 Å². The minimum absolute atomic E-state index is 0.560.